The Morgan fingerprint density at radius 2 is 1.07 bits per heavy atom. The van der Waals surface area contributed by atoms with Crippen molar-refractivity contribution in [2.75, 3.05) is 40.4 Å². The Morgan fingerprint density at radius 1 is 0.567 bits per heavy atom. The molecule has 67 heavy (non-hydrogen) atoms. The van der Waals surface area contributed by atoms with Gasteiger partial charge in [0.1, 0.15) is 23.7 Å². The van der Waals surface area contributed by atoms with E-state index in [1.807, 2.05) is 9.80 Å². The highest BCUT2D eigenvalue weighted by Crippen LogP contribution is 2.39. The van der Waals surface area contributed by atoms with Crippen LogP contribution < -0.4 is 0 Å². The average molecular weight is 903 g/mol. The molecular formula is C53H58N8O6. The zero-order valence-electron chi connectivity index (χ0n) is 38.6. The summed E-state index contributed by atoms with van der Waals surface area (Å²) in [5.41, 5.74) is 13.5. The predicted molar refractivity (Wildman–Crippen MR) is 254 cm³/mol. The highest BCUT2D eigenvalue weighted by molar-refractivity contribution is 5.89. The smallest absolute Gasteiger partial charge is 0.410 e. The minimum atomic E-state index is -0.498. The second-order valence-electron chi connectivity index (χ2n) is 19.2. The third-order valence-electron chi connectivity index (χ3n) is 15.3. The van der Waals surface area contributed by atoms with Crippen molar-refractivity contribution in [3.05, 3.63) is 107 Å². The molecule has 2 aromatic heterocycles. The second kappa shape index (κ2) is 17.5. The van der Waals surface area contributed by atoms with Crippen LogP contribution in [0.15, 0.2) is 72.8 Å². The monoisotopic (exact) mass is 902 g/mol. The summed E-state index contributed by atoms with van der Waals surface area (Å²) < 4.78 is 9.99. The number of hydrogen-bond donors (Lipinski definition) is 2. The summed E-state index contributed by atoms with van der Waals surface area (Å²) in [6.45, 7) is 4.66. The number of aromatic nitrogens is 4. The maximum Gasteiger partial charge on any atom is 0.410 e. The first-order valence-corrected chi connectivity index (χ1v) is 24.2. The molecule has 14 rings (SSSR count). The molecule has 14 heteroatoms. The second-order valence-corrected chi connectivity index (χ2v) is 19.2. The molecule has 5 atom stereocenters. The molecule has 4 amide bonds. The Labute approximate surface area is 390 Å². The van der Waals surface area contributed by atoms with Crippen molar-refractivity contribution in [2.24, 2.45) is 0 Å². The molecule has 0 spiro atoms. The summed E-state index contributed by atoms with van der Waals surface area (Å²) >= 11 is 0. The van der Waals surface area contributed by atoms with Gasteiger partial charge in [-0.3, -0.25) is 19.4 Å². The summed E-state index contributed by atoms with van der Waals surface area (Å²) in [7, 11) is 2.73. The van der Waals surface area contributed by atoms with Crippen molar-refractivity contribution in [1.29, 1.82) is 0 Å². The summed E-state index contributed by atoms with van der Waals surface area (Å²) in [4.78, 5) is 77.0. The first-order chi connectivity index (χ1) is 32.6. The van der Waals surface area contributed by atoms with E-state index in [0.717, 1.165) is 103 Å². The number of hydrogen-bond acceptors (Lipinski definition) is 8. The zero-order valence-corrected chi connectivity index (χ0v) is 38.6. The predicted octanol–water partition coefficient (Wildman–Crippen LogP) is 9.01. The number of fused-ring (bicyclic) bond motifs is 2. The van der Waals surface area contributed by atoms with Gasteiger partial charge in [-0.05, 0) is 145 Å². The van der Waals surface area contributed by atoms with E-state index in [1.54, 1.807) is 9.80 Å². The van der Waals surface area contributed by atoms with Crippen LogP contribution in [0.5, 0.6) is 0 Å². The van der Waals surface area contributed by atoms with Crippen LogP contribution in [0.2, 0.25) is 0 Å². The first-order valence-electron chi connectivity index (χ1n) is 24.2. The molecule has 4 saturated heterocycles. The van der Waals surface area contributed by atoms with Gasteiger partial charge in [0.25, 0.3) is 0 Å². The maximum atomic E-state index is 13.9. The van der Waals surface area contributed by atoms with Crippen LogP contribution in [0.4, 0.5) is 9.59 Å². The number of nitrogens with one attached hydrogen (secondary N) is 2. The van der Waals surface area contributed by atoms with Gasteiger partial charge in [-0.25, -0.2) is 19.6 Å². The van der Waals surface area contributed by atoms with Crippen molar-refractivity contribution in [2.45, 2.75) is 108 Å². The van der Waals surface area contributed by atoms with Crippen LogP contribution in [0, 0.1) is 0 Å². The van der Waals surface area contributed by atoms with Crippen molar-refractivity contribution >= 4 is 46.1 Å². The third kappa shape index (κ3) is 7.77. The number of carbonyl (C=O) groups excluding carboxylic acids is 4. The molecule has 4 bridgehead atoms. The molecule has 4 aromatic carbocycles. The minimum absolute atomic E-state index is 0.0254. The van der Waals surface area contributed by atoms with E-state index in [0.29, 0.717) is 39.0 Å². The lowest BCUT2D eigenvalue weighted by Gasteiger charge is -2.30. The Kier molecular flexibility index (Phi) is 11.2. The molecule has 4 fully saturated rings. The Bertz CT molecular complexity index is 2920. The number of H-pyrrole nitrogens is 2. The molecule has 6 aromatic rings. The highest BCUT2D eigenvalue weighted by Gasteiger charge is 2.43. The highest BCUT2D eigenvalue weighted by atomic mass is 16.5. The topological polar surface area (TPSA) is 157 Å². The summed E-state index contributed by atoms with van der Waals surface area (Å²) in [5, 5.41) is 0. The number of aromatic amines is 2. The van der Waals surface area contributed by atoms with Gasteiger partial charge in [0.05, 0.1) is 48.4 Å². The largest absolute Gasteiger partial charge is 0.453 e. The van der Waals surface area contributed by atoms with E-state index in [1.165, 1.54) is 47.6 Å². The van der Waals surface area contributed by atoms with E-state index >= 15 is 0 Å². The minimum Gasteiger partial charge on any atom is -0.453 e. The van der Waals surface area contributed by atoms with E-state index in [-0.39, 0.29) is 29.8 Å². The van der Waals surface area contributed by atoms with Gasteiger partial charge < -0.3 is 29.2 Å². The molecule has 4 aliphatic heterocycles. The number of imidazole rings is 2. The number of nitrogens with zero attached hydrogens (tertiary/aromatic N) is 6. The number of carbonyl (C=O) groups is 4. The van der Waals surface area contributed by atoms with E-state index in [2.05, 4.69) is 89.7 Å². The van der Waals surface area contributed by atoms with E-state index in [9.17, 15) is 19.2 Å². The number of benzene rings is 4. The number of aryl methyl sites for hydroxylation is 2. The van der Waals surface area contributed by atoms with Crippen LogP contribution in [-0.2, 0) is 38.3 Å². The van der Waals surface area contributed by atoms with Gasteiger partial charge in [0, 0.05) is 26.2 Å². The fourth-order valence-electron chi connectivity index (χ4n) is 11.8. The maximum absolute atomic E-state index is 13.9. The SMILES string of the molecule is COC(=O)N1CCC[C@H]1C(=O)N1CCC[C@H]1c1nc2ccc(-c3cc4ccc3CCc3ccc(c(-c5ccc6nc([C@@H]7CCCN7C(=O)[C@@H]7CCCN7C(=O)OC)[nH]c6c5)c3)C[C@H]4C)cc2[nH]1. The van der Waals surface area contributed by atoms with Crippen LogP contribution in [0.3, 0.4) is 0 Å². The van der Waals surface area contributed by atoms with E-state index in [4.69, 9.17) is 19.4 Å². The van der Waals surface area contributed by atoms with Gasteiger partial charge in [-0.2, -0.15) is 0 Å². The van der Waals surface area contributed by atoms with E-state index < -0.39 is 24.3 Å². The van der Waals surface area contributed by atoms with Crippen molar-refractivity contribution < 1.29 is 28.7 Å². The zero-order chi connectivity index (χ0) is 45.9. The van der Waals surface area contributed by atoms with Gasteiger partial charge in [0.2, 0.25) is 11.8 Å². The molecule has 0 saturated carbocycles. The van der Waals surface area contributed by atoms with Crippen LogP contribution in [0.25, 0.3) is 44.3 Å². The number of amides is 4. The van der Waals surface area contributed by atoms with Crippen molar-refractivity contribution in [1.82, 2.24) is 39.5 Å². The Hall–Kier alpha value is -6.70. The molecule has 0 unspecified atom stereocenters. The average Bonchev–Trinajstić information content (AvgIpc) is 4.21. The molecule has 6 heterocycles. The summed E-state index contributed by atoms with van der Waals surface area (Å²) in [6, 6.07) is 25.6. The number of methoxy groups -OCH3 is 2. The summed E-state index contributed by atoms with van der Waals surface area (Å²) in [6.07, 6.45) is 7.98. The molecule has 4 aliphatic carbocycles. The quantitative estimate of drug-likeness (QED) is 0.168. The number of likely N-dealkylation sites (tertiary alicyclic amines) is 4. The summed E-state index contributed by atoms with van der Waals surface area (Å²) in [5.74, 6) is 1.77. The van der Waals surface area contributed by atoms with Crippen LogP contribution in [-0.4, -0.2) is 116 Å². The van der Waals surface area contributed by atoms with Crippen molar-refractivity contribution in [3.8, 4) is 22.3 Å². The molecule has 8 aliphatic rings. The van der Waals surface area contributed by atoms with Crippen molar-refractivity contribution in [3.63, 3.8) is 0 Å². The molecular weight excluding hydrogens is 845 g/mol. The molecule has 0 radical (unpaired) electrons. The molecule has 346 valence electrons. The van der Waals surface area contributed by atoms with Gasteiger partial charge in [0.15, 0.2) is 0 Å². The lowest BCUT2D eigenvalue weighted by molar-refractivity contribution is -0.137. The standard InChI is InChI=1S/C53H58N8O6/c1-31-26-35-15-13-32(27-38(35)36-18-20-40-42(29-36)56-48(54-40)44-8-4-22-58(44)50(62)46-10-6-24-60(46)52(64)66-2)12-14-33-16-17-34(31)28-39(33)37-19-21-41-43(30-37)57-49(55-41)45-9-5-23-59(45)51(63)47-11-7-25-61(47)53(65)67-3/h13,15-21,27-31,44-47H,4-12,14,22-26H2,1-3H3,(H,54,56)(H,55,57)/t31-,44+,45+,46+,47+/m1/s1. The molecule has 2 N–H and O–H groups in total. The van der Waals surface area contributed by atoms with Crippen LogP contribution >= 0.6 is 0 Å². The van der Waals surface area contributed by atoms with Gasteiger partial charge >= 0.3 is 12.2 Å². The fraction of sp³-hybridized carbons (Fsp3) is 0.434. The van der Waals surface area contributed by atoms with Crippen LogP contribution in [0.1, 0.15) is 110 Å². The normalized spacial score (nSPS) is 22.8. The molecule has 14 nitrogen and oxygen atoms in total. The Balaban J connectivity index is 0.835. The number of rotatable bonds is 6. The van der Waals surface area contributed by atoms with Gasteiger partial charge in [-0.15, -0.1) is 0 Å². The lowest BCUT2D eigenvalue weighted by Crippen LogP contribution is -2.47. The third-order valence-corrected chi connectivity index (χ3v) is 15.3. The van der Waals surface area contributed by atoms with Gasteiger partial charge in [-0.1, -0.05) is 55.5 Å². The lowest BCUT2D eigenvalue weighted by atomic mass is 9.84. The fourth-order valence-corrected chi connectivity index (χ4v) is 11.8. The Morgan fingerprint density at radius 3 is 1.63 bits per heavy atom. The number of ether oxygens (including phenoxy) is 2. The first kappa shape index (κ1) is 42.9.